The minimum Gasteiger partial charge on any atom is -0.497 e. The SMILES string of the molecule is CCOc1ccc(N2C(=O)/C(=C/c3cccc(OCC(=O)Nc4cccc(OC)c4)c3)SC2=S)cc1. The molecule has 9 heteroatoms. The smallest absolute Gasteiger partial charge is 0.270 e. The molecule has 2 amide bonds. The summed E-state index contributed by atoms with van der Waals surface area (Å²) in [5.41, 5.74) is 2.06. The van der Waals surface area contributed by atoms with Crippen molar-refractivity contribution < 1.29 is 23.8 Å². The molecule has 36 heavy (non-hydrogen) atoms. The van der Waals surface area contributed by atoms with Gasteiger partial charge >= 0.3 is 0 Å². The molecule has 0 unspecified atom stereocenters. The molecule has 1 fully saturated rings. The maximum absolute atomic E-state index is 13.1. The number of ether oxygens (including phenoxy) is 3. The summed E-state index contributed by atoms with van der Waals surface area (Å²) in [5, 5.41) is 2.77. The van der Waals surface area contributed by atoms with Crippen molar-refractivity contribution in [2.75, 3.05) is 30.5 Å². The lowest BCUT2D eigenvalue weighted by molar-refractivity contribution is -0.118. The van der Waals surface area contributed by atoms with Crippen molar-refractivity contribution in [1.82, 2.24) is 0 Å². The van der Waals surface area contributed by atoms with Gasteiger partial charge in [0, 0.05) is 11.8 Å². The Bertz CT molecular complexity index is 1310. The van der Waals surface area contributed by atoms with Gasteiger partial charge in [-0.3, -0.25) is 14.5 Å². The van der Waals surface area contributed by atoms with E-state index >= 15 is 0 Å². The third-order valence-corrected chi connectivity index (χ3v) is 6.38. The first-order chi connectivity index (χ1) is 17.5. The molecule has 3 aromatic rings. The van der Waals surface area contributed by atoms with E-state index < -0.39 is 0 Å². The molecule has 4 rings (SSSR count). The van der Waals surface area contributed by atoms with E-state index in [-0.39, 0.29) is 18.4 Å². The molecule has 7 nitrogen and oxygen atoms in total. The van der Waals surface area contributed by atoms with Crippen LogP contribution in [-0.4, -0.2) is 36.5 Å². The Morgan fingerprint density at radius 1 is 1.00 bits per heavy atom. The first kappa shape index (κ1) is 25.3. The molecule has 1 N–H and O–H groups in total. The molecule has 1 saturated heterocycles. The number of thiocarbonyl (C=S) groups is 1. The molecule has 1 aliphatic heterocycles. The molecule has 3 aromatic carbocycles. The van der Waals surface area contributed by atoms with Crippen LogP contribution < -0.4 is 24.4 Å². The monoisotopic (exact) mass is 520 g/mol. The number of nitrogens with zero attached hydrogens (tertiary/aromatic N) is 1. The van der Waals surface area contributed by atoms with Crippen LogP contribution in [0.2, 0.25) is 0 Å². The zero-order chi connectivity index (χ0) is 25.5. The predicted molar refractivity (Wildman–Crippen MR) is 147 cm³/mol. The zero-order valence-corrected chi connectivity index (χ0v) is 21.4. The van der Waals surface area contributed by atoms with Gasteiger partial charge in [0.05, 0.1) is 24.3 Å². The van der Waals surface area contributed by atoms with Gasteiger partial charge in [0.15, 0.2) is 10.9 Å². The minimum atomic E-state index is -0.301. The highest BCUT2D eigenvalue weighted by Crippen LogP contribution is 2.36. The Labute approximate surface area is 219 Å². The van der Waals surface area contributed by atoms with Gasteiger partial charge in [-0.2, -0.15) is 0 Å². The standard InChI is InChI=1S/C27H24N2O5S2/c1-3-33-21-12-10-20(11-13-21)29-26(31)24(36-27(29)35)15-18-6-4-9-23(14-18)34-17-25(30)28-19-7-5-8-22(16-19)32-2/h4-16H,3,17H2,1-2H3,(H,28,30)/b24-15-. The number of anilines is 2. The summed E-state index contributed by atoms with van der Waals surface area (Å²) < 4.78 is 16.7. The summed E-state index contributed by atoms with van der Waals surface area (Å²) in [6.07, 6.45) is 1.76. The number of nitrogens with one attached hydrogen (secondary N) is 1. The van der Waals surface area contributed by atoms with Crippen LogP contribution >= 0.6 is 24.0 Å². The molecule has 1 aliphatic rings. The van der Waals surface area contributed by atoms with E-state index in [9.17, 15) is 9.59 Å². The van der Waals surface area contributed by atoms with E-state index in [1.165, 1.54) is 16.7 Å². The van der Waals surface area contributed by atoms with Gasteiger partial charge in [-0.1, -0.05) is 42.2 Å². The minimum absolute atomic E-state index is 0.166. The first-order valence-corrected chi connectivity index (χ1v) is 12.4. The van der Waals surface area contributed by atoms with Gasteiger partial charge in [0.1, 0.15) is 17.2 Å². The summed E-state index contributed by atoms with van der Waals surface area (Å²) in [7, 11) is 1.56. The summed E-state index contributed by atoms with van der Waals surface area (Å²) in [4.78, 5) is 27.4. The lowest BCUT2D eigenvalue weighted by atomic mass is 10.2. The van der Waals surface area contributed by atoms with Gasteiger partial charge < -0.3 is 19.5 Å². The van der Waals surface area contributed by atoms with Crippen LogP contribution in [0.4, 0.5) is 11.4 Å². The lowest BCUT2D eigenvalue weighted by Gasteiger charge is -2.15. The number of hydrogen-bond donors (Lipinski definition) is 1. The first-order valence-electron chi connectivity index (χ1n) is 11.1. The molecule has 0 saturated carbocycles. The lowest BCUT2D eigenvalue weighted by Crippen LogP contribution is -2.27. The third kappa shape index (κ3) is 6.24. The van der Waals surface area contributed by atoms with Crippen LogP contribution in [0.5, 0.6) is 17.2 Å². The van der Waals surface area contributed by atoms with Crippen molar-refractivity contribution in [2.45, 2.75) is 6.92 Å². The Morgan fingerprint density at radius 2 is 1.75 bits per heavy atom. The summed E-state index contributed by atoms with van der Waals surface area (Å²) >= 11 is 6.70. The second-order valence-corrected chi connectivity index (χ2v) is 9.26. The Morgan fingerprint density at radius 3 is 2.50 bits per heavy atom. The van der Waals surface area contributed by atoms with Gasteiger partial charge in [-0.05, 0) is 67.1 Å². The van der Waals surface area contributed by atoms with Gasteiger partial charge in [-0.25, -0.2) is 0 Å². The number of thioether (sulfide) groups is 1. The average molecular weight is 521 g/mol. The number of benzene rings is 3. The van der Waals surface area contributed by atoms with Crippen molar-refractivity contribution >= 4 is 57.6 Å². The molecular weight excluding hydrogens is 496 g/mol. The zero-order valence-electron chi connectivity index (χ0n) is 19.7. The van der Waals surface area contributed by atoms with Crippen molar-refractivity contribution in [2.24, 2.45) is 0 Å². The number of rotatable bonds is 9. The molecule has 1 heterocycles. The van der Waals surface area contributed by atoms with Gasteiger partial charge in [-0.15, -0.1) is 0 Å². The van der Waals surface area contributed by atoms with Crippen molar-refractivity contribution in [1.29, 1.82) is 0 Å². The van der Waals surface area contributed by atoms with Crippen LogP contribution in [0.3, 0.4) is 0 Å². The second-order valence-electron chi connectivity index (χ2n) is 7.59. The molecule has 0 aromatic heterocycles. The van der Waals surface area contributed by atoms with Crippen molar-refractivity contribution in [3.05, 3.63) is 83.3 Å². The van der Waals surface area contributed by atoms with E-state index in [1.807, 2.05) is 37.3 Å². The highest BCUT2D eigenvalue weighted by Gasteiger charge is 2.33. The number of carbonyl (C=O) groups is 2. The number of amides is 2. The number of hydrogen-bond acceptors (Lipinski definition) is 7. The summed E-state index contributed by atoms with van der Waals surface area (Å²) in [6.45, 7) is 2.32. The highest BCUT2D eigenvalue weighted by molar-refractivity contribution is 8.27. The van der Waals surface area contributed by atoms with E-state index in [4.69, 9.17) is 26.4 Å². The van der Waals surface area contributed by atoms with Gasteiger partial charge in [0.25, 0.3) is 11.8 Å². The normalized spacial score (nSPS) is 14.2. The van der Waals surface area contributed by atoms with E-state index in [1.54, 1.807) is 55.7 Å². The summed E-state index contributed by atoms with van der Waals surface area (Å²) in [6, 6.07) is 21.5. The van der Waals surface area contributed by atoms with Crippen LogP contribution in [0.1, 0.15) is 12.5 Å². The maximum Gasteiger partial charge on any atom is 0.270 e. The number of carbonyl (C=O) groups excluding carboxylic acids is 2. The fraction of sp³-hybridized carbons (Fsp3) is 0.148. The molecule has 0 spiro atoms. The largest absolute Gasteiger partial charge is 0.497 e. The van der Waals surface area contributed by atoms with E-state index in [0.717, 1.165) is 11.3 Å². The molecule has 0 bridgehead atoms. The average Bonchev–Trinajstić information content (AvgIpc) is 3.16. The Kier molecular flexibility index (Phi) is 8.24. The van der Waals surface area contributed by atoms with Crippen LogP contribution in [-0.2, 0) is 9.59 Å². The van der Waals surface area contributed by atoms with Crippen LogP contribution in [0.15, 0.2) is 77.7 Å². The maximum atomic E-state index is 13.1. The second kappa shape index (κ2) is 11.7. The molecule has 184 valence electrons. The Balaban J connectivity index is 1.40. The fourth-order valence-electron chi connectivity index (χ4n) is 3.44. The van der Waals surface area contributed by atoms with Crippen LogP contribution in [0, 0.1) is 0 Å². The van der Waals surface area contributed by atoms with Crippen molar-refractivity contribution in [3.63, 3.8) is 0 Å². The fourth-order valence-corrected chi connectivity index (χ4v) is 4.74. The molecular formula is C27H24N2O5S2. The van der Waals surface area contributed by atoms with Crippen molar-refractivity contribution in [3.8, 4) is 17.2 Å². The number of methoxy groups -OCH3 is 1. The molecule has 0 atom stereocenters. The highest BCUT2D eigenvalue weighted by atomic mass is 32.2. The Hall–Kier alpha value is -3.82. The van der Waals surface area contributed by atoms with Gasteiger partial charge in [0.2, 0.25) is 0 Å². The quantitative estimate of drug-likeness (QED) is 0.294. The van der Waals surface area contributed by atoms with E-state index in [0.29, 0.717) is 38.7 Å². The van der Waals surface area contributed by atoms with E-state index in [2.05, 4.69) is 5.32 Å². The molecule has 0 radical (unpaired) electrons. The topological polar surface area (TPSA) is 77.1 Å². The predicted octanol–water partition coefficient (Wildman–Crippen LogP) is 5.52. The summed E-state index contributed by atoms with van der Waals surface area (Å²) in [5.74, 6) is 1.39. The van der Waals surface area contributed by atoms with Crippen LogP contribution in [0.25, 0.3) is 6.08 Å². The third-order valence-electron chi connectivity index (χ3n) is 5.08. The molecule has 0 aliphatic carbocycles.